The molecule has 19 heteroatoms. The molecule has 0 aliphatic carbocycles. The van der Waals surface area contributed by atoms with E-state index in [1.165, 1.54) is 231 Å². The predicted octanol–water partition coefficient (Wildman–Crippen LogP) is 10.4. The molecule has 3 saturated heterocycles. The van der Waals surface area contributed by atoms with Gasteiger partial charge in [-0.1, -0.05) is 289 Å². The van der Waals surface area contributed by atoms with Gasteiger partial charge in [0.25, 0.3) is 0 Å². The van der Waals surface area contributed by atoms with Crippen LogP contribution in [0.3, 0.4) is 0 Å². The lowest BCUT2D eigenvalue weighted by atomic mass is 9.96. The van der Waals surface area contributed by atoms with Crippen molar-refractivity contribution in [1.82, 2.24) is 5.32 Å². The van der Waals surface area contributed by atoms with Crippen LogP contribution in [0.4, 0.5) is 0 Å². The highest BCUT2D eigenvalue weighted by Gasteiger charge is 2.53. The zero-order valence-electron chi connectivity index (χ0n) is 56.4. The molecule has 0 spiro atoms. The molecule has 0 aromatic heterocycles. The summed E-state index contributed by atoms with van der Waals surface area (Å²) in [5, 5.41) is 121. The predicted molar refractivity (Wildman–Crippen MR) is 351 cm³/mol. The Kier molecular flexibility index (Phi) is 49.3. The van der Waals surface area contributed by atoms with E-state index in [9.17, 15) is 61.0 Å². The summed E-state index contributed by atoms with van der Waals surface area (Å²) in [6.07, 6.45) is 33.3. The van der Waals surface area contributed by atoms with Crippen LogP contribution in [0.2, 0.25) is 0 Å². The standard InChI is InChI=1S/C71H135NO18/c1-3-5-7-9-11-13-15-17-19-21-23-24-25-26-27-28-29-31-33-35-37-39-41-43-45-47-49-59(77)72-54(55(76)48-46-44-42-40-38-36-34-32-30-22-20-18-16-14-12-10-8-6-4-2)53-85-69-65(83)62(80)67(57(51-74)87-69)90-71-66(84)63(81)68(58(52-75)88-71)89-70-64(82)61(79)60(78)56(50-73)86-70/h46,48,54-58,60-71,73-76,78-84H,3-45,47,49-53H2,1-2H3,(H,72,77)/b48-46+. The van der Waals surface area contributed by atoms with Gasteiger partial charge in [-0.05, 0) is 19.3 Å². The maximum Gasteiger partial charge on any atom is 0.220 e. The summed E-state index contributed by atoms with van der Waals surface area (Å²) in [5.41, 5.74) is 0. The number of unbranched alkanes of at least 4 members (excludes halogenated alkanes) is 42. The van der Waals surface area contributed by atoms with Gasteiger partial charge in [0.2, 0.25) is 5.91 Å². The van der Waals surface area contributed by atoms with Crippen LogP contribution >= 0.6 is 0 Å². The van der Waals surface area contributed by atoms with Crippen molar-refractivity contribution in [2.24, 2.45) is 0 Å². The van der Waals surface area contributed by atoms with Crippen LogP contribution in [0, 0.1) is 0 Å². The number of carbonyl (C=O) groups is 1. The normalized spacial score (nSPS) is 28.0. The Labute approximate surface area is 544 Å². The third-order valence-corrected chi connectivity index (χ3v) is 18.8. The summed E-state index contributed by atoms with van der Waals surface area (Å²) in [4.78, 5) is 13.4. The number of carbonyl (C=O) groups excluding carboxylic acids is 1. The fourth-order valence-electron chi connectivity index (χ4n) is 12.8. The monoisotopic (exact) mass is 1290 g/mol. The van der Waals surface area contributed by atoms with E-state index in [1.54, 1.807) is 6.08 Å². The Bertz CT molecular complexity index is 1680. The first-order valence-corrected chi connectivity index (χ1v) is 36.9. The second kappa shape index (κ2) is 53.6. The van der Waals surface area contributed by atoms with Crippen LogP contribution in [0.25, 0.3) is 0 Å². The lowest BCUT2D eigenvalue weighted by Crippen LogP contribution is -2.66. The van der Waals surface area contributed by atoms with Gasteiger partial charge < -0.3 is 89.9 Å². The number of hydrogen-bond acceptors (Lipinski definition) is 18. The molecular weight excluding hydrogens is 1150 g/mol. The fraction of sp³-hybridized carbons (Fsp3) is 0.958. The summed E-state index contributed by atoms with van der Waals surface area (Å²) in [6.45, 7) is 1.78. The molecule has 0 bridgehead atoms. The van der Waals surface area contributed by atoms with Crippen molar-refractivity contribution in [3.8, 4) is 0 Å². The number of aliphatic hydroxyl groups is 11. The van der Waals surface area contributed by atoms with Gasteiger partial charge in [-0.3, -0.25) is 4.79 Å². The number of nitrogens with one attached hydrogen (secondary N) is 1. The van der Waals surface area contributed by atoms with E-state index in [0.29, 0.717) is 6.42 Å². The Morgan fingerprint density at radius 3 is 1.04 bits per heavy atom. The van der Waals surface area contributed by atoms with Crippen molar-refractivity contribution >= 4 is 5.91 Å². The molecule has 3 aliphatic rings. The van der Waals surface area contributed by atoms with E-state index in [1.807, 2.05) is 6.08 Å². The molecule has 17 unspecified atom stereocenters. The summed E-state index contributed by atoms with van der Waals surface area (Å²) >= 11 is 0. The summed E-state index contributed by atoms with van der Waals surface area (Å²) in [7, 11) is 0. The van der Waals surface area contributed by atoms with Gasteiger partial charge in [-0.15, -0.1) is 0 Å². The smallest absolute Gasteiger partial charge is 0.220 e. The highest BCUT2D eigenvalue weighted by Crippen LogP contribution is 2.33. The van der Waals surface area contributed by atoms with Crippen molar-refractivity contribution in [1.29, 1.82) is 0 Å². The number of aliphatic hydroxyl groups excluding tert-OH is 11. The third-order valence-electron chi connectivity index (χ3n) is 18.8. The minimum Gasteiger partial charge on any atom is -0.394 e. The van der Waals surface area contributed by atoms with Crippen LogP contribution in [0.5, 0.6) is 0 Å². The number of allylic oxidation sites excluding steroid dienone is 1. The molecule has 532 valence electrons. The lowest BCUT2D eigenvalue weighted by molar-refractivity contribution is -0.379. The Morgan fingerprint density at radius 1 is 0.389 bits per heavy atom. The van der Waals surface area contributed by atoms with E-state index in [4.69, 9.17) is 28.4 Å². The van der Waals surface area contributed by atoms with Crippen LogP contribution in [-0.2, 0) is 33.2 Å². The average Bonchev–Trinajstić information content (AvgIpc) is 1.05. The maximum atomic E-state index is 13.4. The zero-order chi connectivity index (χ0) is 65.4. The summed E-state index contributed by atoms with van der Waals surface area (Å²) in [5.74, 6) is -0.268. The number of ether oxygens (including phenoxy) is 6. The van der Waals surface area contributed by atoms with Crippen molar-refractivity contribution in [2.75, 3.05) is 26.4 Å². The van der Waals surface area contributed by atoms with Crippen LogP contribution < -0.4 is 5.32 Å². The van der Waals surface area contributed by atoms with Gasteiger partial charge in [-0.2, -0.15) is 0 Å². The topological polar surface area (TPSA) is 307 Å². The number of hydrogen-bond donors (Lipinski definition) is 12. The average molecular weight is 1290 g/mol. The van der Waals surface area contributed by atoms with Crippen molar-refractivity contribution in [2.45, 2.75) is 407 Å². The van der Waals surface area contributed by atoms with Crippen LogP contribution in [0.1, 0.15) is 303 Å². The first kappa shape index (κ1) is 82.8. The molecule has 3 rings (SSSR count). The Hall–Kier alpha value is -1.47. The van der Waals surface area contributed by atoms with Gasteiger partial charge in [0.05, 0.1) is 38.6 Å². The van der Waals surface area contributed by atoms with E-state index >= 15 is 0 Å². The molecule has 3 aliphatic heterocycles. The first-order chi connectivity index (χ1) is 43.8. The minimum absolute atomic E-state index is 0.250. The Balaban J connectivity index is 1.41. The van der Waals surface area contributed by atoms with E-state index in [-0.39, 0.29) is 18.9 Å². The molecular formula is C71H135NO18. The zero-order valence-corrected chi connectivity index (χ0v) is 56.4. The molecule has 3 fully saturated rings. The summed E-state index contributed by atoms with van der Waals surface area (Å²) in [6, 6.07) is -0.969. The molecule has 19 nitrogen and oxygen atoms in total. The van der Waals surface area contributed by atoms with E-state index in [0.717, 1.165) is 44.9 Å². The number of amides is 1. The van der Waals surface area contributed by atoms with Gasteiger partial charge >= 0.3 is 0 Å². The molecule has 12 N–H and O–H groups in total. The third kappa shape index (κ3) is 35.0. The van der Waals surface area contributed by atoms with Gasteiger partial charge in [0.1, 0.15) is 73.2 Å². The van der Waals surface area contributed by atoms with Gasteiger partial charge in [-0.25, -0.2) is 0 Å². The van der Waals surface area contributed by atoms with Crippen LogP contribution in [0.15, 0.2) is 12.2 Å². The molecule has 0 aromatic carbocycles. The van der Waals surface area contributed by atoms with E-state index in [2.05, 4.69) is 19.2 Å². The molecule has 0 aromatic rings. The van der Waals surface area contributed by atoms with E-state index < -0.39 is 124 Å². The van der Waals surface area contributed by atoms with Gasteiger partial charge in [0.15, 0.2) is 18.9 Å². The lowest BCUT2D eigenvalue weighted by Gasteiger charge is -2.48. The maximum absolute atomic E-state index is 13.4. The highest BCUT2D eigenvalue weighted by molar-refractivity contribution is 5.76. The number of rotatable bonds is 58. The second-order valence-electron chi connectivity index (χ2n) is 26.8. The summed E-state index contributed by atoms with van der Waals surface area (Å²) < 4.78 is 34.4. The molecule has 17 atom stereocenters. The SMILES string of the molecule is CCCCCCCCCCCCCCCCCCC/C=C/C(O)C(COC1OC(CO)C(OC2OC(CO)C(OC3OC(CO)C(O)C(O)C3O)C(O)C2O)C(O)C1O)NC(=O)CCCCCCCCCCCCCCCCCCCCCCCCCCCC. The fourth-order valence-corrected chi connectivity index (χ4v) is 12.8. The van der Waals surface area contributed by atoms with Crippen molar-refractivity contribution in [3.05, 3.63) is 12.2 Å². The van der Waals surface area contributed by atoms with Crippen LogP contribution in [-0.4, -0.2) is 193 Å². The molecule has 0 saturated carbocycles. The Morgan fingerprint density at radius 2 is 0.689 bits per heavy atom. The minimum atomic E-state index is -1.98. The largest absolute Gasteiger partial charge is 0.394 e. The van der Waals surface area contributed by atoms with Crippen molar-refractivity contribution in [3.63, 3.8) is 0 Å². The quantitative estimate of drug-likeness (QED) is 0.0199. The molecule has 90 heavy (non-hydrogen) atoms. The van der Waals surface area contributed by atoms with Gasteiger partial charge in [0, 0.05) is 6.42 Å². The highest BCUT2D eigenvalue weighted by atomic mass is 16.8. The molecule has 3 heterocycles. The first-order valence-electron chi connectivity index (χ1n) is 36.9. The molecule has 1 amide bonds. The second-order valence-corrected chi connectivity index (χ2v) is 26.8. The van der Waals surface area contributed by atoms with Crippen molar-refractivity contribution < 1.29 is 89.4 Å². The molecule has 0 radical (unpaired) electrons.